The lowest BCUT2D eigenvalue weighted by atomic mass is 9.95. The molecule has 0 aromatic rings. The zero-order valence-corrected chi connectivity index (χ0v) is 11.5. The summed E-state index contributed by atoms with van der Waals surface area (Å²) in [5, 5.41) is 3.02. The first-order valence-corrected chi connectivity index (χ1v) is 7.62. The summed E-state index contributed by atoms with van der Waals surface area (Å²) in [6, 6.07) is 0. The fourth-order valence-electron chi connectivity index (χ4n) is 2.63. The molecule has 1 aliphatic heterocycles. The molecule has 1 N–H and O–H groups in total. The van der Waals surface area contributed by atoms with E-state index >= 15 is 0 Å². The summed E-state index contributed by atoms with van der Waals surface area (Å²) in [4.78, 5) is 11.7. The van der Waals surface area contributed by atoms with E-state index in [4.69, 9.17) is 0 Å². The first-order valence-electron chi connectivity index (χ1n) is 7.62. The smallest absolute Gasteiger partial charge is 0.223 e. The lowest BCUT2D eigenvalue weighted by Crippen LogP contribution is -2.28. The molecule has 2 heteroatoms. The van der Waals surface area contributed by atoms with E-state index in [2.05, 4.69) is 12.2 Å². The summed E-state index contributed by atoms with van der Waals surface area (Å²) in [6.07, 6.45) is 14.0. The summed E-state index contributed by atoms with van der Waals surface area (Å²) >= 11 is 0. The van der Waals surface area contributed by atoms with Crippen molar-refractivity contribution in [2.24, 2.45) is 5.92 Å². The van der Waals surface area contributed by atoms with Crippen LogP contribution in [0.2, 0.25) is 0 Å². The molecule has 1 fully saturated rings. The van der Waals surface area contributed by atoms with Crippen molar-refractivity contribution < 1.29 is 4.79 Å². The number of hydrogen-bond acceptors (Lipinski definition) is 1. The molecule has 1 atom stereocenters. The number of amides is 1. The third kappa shape index (κ3) is 6.70. The number of carbonyl (C=O) groups excluding carboxylic acids is 1. The molecule has 1 saturated heterocycles. The second-order valence-corrected chi connectivity index (χ2v) is 5.39. The van der Waals surface area contributed by atoms with Gasteiger partial charge in [-0.3, -0.25) is 4.79 Å². The zero-order valence-electron chi connectivity index (χ0n) is 11.5. The average molecular weight is 239 g/mol. The van der Waals surface area contributed by atoms with Crippen molar-refractivity contribution in [1.29, 1.82) is 0 Å². The van der Waals surface area contributed by atoms with Crippen LogP contribution < -0.4 is 5.32 Å². The summed E-state index contributed by atoms with van der Waals surface area (Å²) in [5.41, 5.74) is 0. The van der Waals surface area contributed by atoms with Crippen LogP contribution in [0.5, 0.6) is 0 Å². The highest BCUT2D eigenvalue weighted by Crippen LogP contribution is 2.19. The van der Waals surface area contributed by atoms with Crippen molar-refractivity contribution >= 4 is 5.91 Å². The van der Waals surface area contributed by atoms with Gasteiger partial charge in [-0.1, -0.05) is 58.3 Å². The van der Waals surface area contributed by atoms with Crippen LogP contribution in [0.1, 0.15) is 77.6 Å². The van der Waals surface area contributed by atoms with Gasteiger partial charge in [0.25, 0.3) is 0 Å². The quantitative estimate of drug-likeness (QED) is 0.636. The van der Waals surface area contributed by atoms with Crippen LogP contribution in [-0.4, -0.2) is 12.5 Å². The number of nitrogens with one attached hydrogen (secondary N) is 1. The molecule has 0 saturated carbocycles. The van der Waals surface area contributed by atoms with Gasteiger partial charge in [0.2, 0.25) is 5.91 Å². The Morgan fingerprint density at radius 2 is 1.76 bits per heavy atom. The van der Waals surface area contributed by atoms with Gasteiger partial charge in [0.1, 0.15) is 0 Å². The molecule has 0 aromatic heterocycles. The second kappa shape index (κ2) is 9.49. The number of carbonyl (C=O) groups is 1. The lowest BCUT2D eigenvalue weighted by molar-refractivity contribution is -0.124. The number of unbranched alkanes of at least 4 members (excludes halogenated alkanes) is 6. The van der Waals surface area contributed by atoms with Crippen LogP contribution in [0.4, 0.5) is 0 Å². The van der Waals surface area contributed by atoms with E-state index in [9.17, 15) is 4.79 Å². The standard InChI is InChI=1S/C15H29NO/c1-2-3-4-5-6-7-8-11-14-12-9-10-13-16-15(14)17/h14H,2-13H2,1H3,(H,16,17). The Morgan fingerprint density at radius 1 is 1.06 bits per heavy atom. The maximum Gasteiger partial charge on any atom is 0.223 e. The van der Waals surface area contributed by atoms with E-state index < -0.39 is 0 Å². The Morgan fingerprint density at radius 3 is 2.53 bits per heavy atom. The normalized spacial score (nSPS) is 21.0. The molecular weight excluding hydrogens is 210 g/mol. The molecule has 1 rings (SSSR count). The van der Waals surface area contributed by atoms with Crippen LogP contribution >= 0.6 is 0 Å². The minimum atomic E-state index is 0.313. The SMILES string of the molecule is CCCCCCCCCC1CCCCNC1=O. The minimum absolute atomic E-state index is 0.313. The van der Waals surface area contributed by atoms with Crippen molar-refractivity contribution in [3.05, 3.63) is 0 Å². The van der Waals surface area contributed by atoms with Crippen LogP contribution in [0, 0.1) is 5.92 Å². The van der Waals surface area contributed by atoms with Gasteiger partial charge < -0.3 is 5.32 Å². The Bertz CT molecular complexity index is 203. The summed E-state index contributed by atoms with van der Waals surface area (Å²) in [7, 11) is 0. The van der Waals surface area contributed by atoms with Gasteiger partial charge in [0.15, 0.2) is 0 Å². The Balaban J connectivity index is 1.99. The molecular formula is C15H29NO. The molecule has 0 bridgehead atoms. The molecule has 0 aromatic carbocycles. The van der Waals surface area contributed by atoms with Crippen molar-refractivity contribution in [2.75, 3.05) is 6.54 Å². The highest BCUT2D eigenvalue weighted by atomic mass is 16.1. The van der Waals surface area contributed by atoms with Crippen molar-refractivity contribution in [3.8, 4) is 0 Å². The highest BCUT2D eigenvalue weighted by Gasteiger charge is 2.19. The first kappa shape index (κ1) is 14.5. The van der Waals surface area contributed by atoms with Gasteiger partial charge in [-0.25, -0.2) is 0 Å². The molecule has 100 valence electrons. The van der Waals surface area contributed by atoms with Gasteiger partial charge in [-0.15, -0.1) is 0 Å². The van der Waals surface area contributed by atoms with Gasteiger partial charge in [-0.05, 0) is 19.3 Å². The van der Waals surface area contributed by atoms with Crippen molar-refractivity contribution in [3.63, 3.8) is 0 Å². The zero-order chi connectivity index (χ0) is 12.3. The van der Waals surface area contributed by atoms with Crippen LogP contribution in [0.25, 0.3) is 0 Å². The fraction of sp³-hybridized carbons (Fsp3) is 0.933. The predicted octanol–water partition coefficient (Wildman–Crippen LogP) is 4.04. The van der Waals surface area contributed by atoms with Crippen molar-refractivity contribution in [2.45, 2.75) is 77.6 Å². The monoisotopic (exact) mass is 239 g/mol. The Hall–Kier alpha value is -0.530. The molecule has 17 heavy (non-hydrogen) atoms. The van der Waals surface area contributed by atoms with Gasteiger partial charge in [-0.2, -0.15) is 0 Å². The highest BCUT2D eigenvalue weighted by molar-refractivity contribution is 5.78. The van der Waals surface area contributed by atoms with E-state index in [1.165, 1.54) is 57.8 Å². The second-order valence-electron chi connectivity index (χ2n) is 5.39. The summed E-state index contributed by atoms with van der Waals surface area (Å²) in [6.45, 7) is 3.15. The van der Waals surface area contributed by atoms with Crippen LogP contribution in [0.15, 0.2) is 0 Å². The van der Waals surface area contributed by atoms with Gasteiger partial charge in [0, 0.05) is 12.5 Å². The van der Waals surface area contributed by atoms with E-state index in [1.807, 2.05) is 0 Å². The van der Waals surface area contributed by atoms with E-state index in [0.717, 1.165) is 19.4 Å². The fourth-order valence-corrected chi connectivity index (χ4v) is 2.63. The number of rotatable bonds is 8. The van der Waals surface area contributed by atoms with E-state index in [1.54, 1.807) is 0 Å². The summed E-state index contributed by atoms with van der Waals surface area (Å²) < 4.78 is 0. The van der Waals surface area contributed by atoms with E-state index in [0.29, 0.717) is 11.8 Å². The molecule has 2 nitrogen and oxygen atoms in total. The minimum Gasteiger partial charge on any atom is -0.356 e. The van der Waals surface area contributed by atoms with E-state index in [-0.39, 0.29) is 0 Å². The van der Waals surface area contributed by atoms with Gasteiger partial charge in [0.05, 0.1) is 0 Å². The largest absolute Gasteiger partial charge is 0.356 e. The lowest BCUT2D eigenvalue weighted by Gasteiger charge is -2.12. The molecule has 1 heterocycles. The summed E-state index contributed by atoms with van der Waals surface area (Å²) in [5.74, 6) is 0.627. The molecule has 0 spiro atoms. The maximum atomic E-state index is 11.7. The average Bonchev–Trinajstić information content (AvgIpc) is 2.53. The first-order chi connectivity index (χ1) is 8.34. The Kier molecular flexibility index (Phi) is 8.12. The van der Waals surface area contributed by atoms with Crippen LogP contribution in [-0.2, 0) is 4.79 Å². The van der Waals surface area contributed by atoms with Crippen LogP contribution in [0.3, 0.4) is 0 Å². The molecule has 1 unspecified atom stereocenters. The van der Waals surface area contributed by atoms with Crippen molar-refractivity contribution in [1.82, 2.24) is 5.32 Å². The predicted molar refractivity (Wildman–Crippen MR) is 73.0 cm³/mol. The maximum absolute atomic E-state index is 11.7. The Labute approximate surface area is 107 Å². The number of hydrogen-bond donors (Lipinski definition) is 1. The third-order valence-corrected chi connectivity index (χ3v) is 3.81. The molecule has 1 amide bonds. The molecule has 1 aliphatic rings. The topological polar surface area (TPSA) is 29.1 Å². The van der Waals surface area contributed by atoms with Gasteiger partial charge >= 0.3 is 0 Å². The third-order valence-electron chi connectivity index (χ3n) is 3.81. The molecule has 0 aliphatic carbocycles. The molecule has 0 radical (unpaired) electrons.